The lowest BCUT2D eigenvalue weighted by atomic mass is 9.81. The minimum atomic E-state index is 0.228. The van der Waals surface area contributed by atoms with Crippen molar-refractivity contribution in [2.24, 2.45) is 10.9 Å². The van der Waals surface area contributed by atoms with E-state index in [4.69, 9.17) is 16.6 Å². The van der Waals surface area contributed by atoms with Gasteiger partial charge in [0.1, 0.15) is 0 Å². The van der Waals surface area contributed by atoms with Crippen molar-refractivity contribution in [2.45, 2.75) is 23.0 Å². The number of halogens is 1. The summed E-state index contributed by atoms with van der Waals surface area (Å²) in [6.45, 7) is 2.15. The minimum absolute atomic E-state index is 0.228. The number of hydrogen-bond donors (Lipinski definition) is 0. The Labute approximate surface area is 198 Å². The molecular formula is C29H22ClNS. The van der Waals surface area contributed by atoms with Gasteiger partial charge < -0.3 is 0 Å². The first-order chi connectivity index (χ1) is 15.7. The van der Waals surface area contributed by atoms with Gasteiger partial charge in [-0.05, 0) is 53.4 Å². The van der Waals surface area contributed by atoms with Crippen LogP contribution in [-0.2, 0) is 0 Å². The Morgan fingerprint density at radius 3 is 2.34 bits per heavy atom. The Hall–Kier alpha value is -2.81. The van der Waals surface area contributed by atoms with E-state index in [0.717, 1.165) is 10.7 Å². The number of aliphatic imine (C=N–C) groups is 1. The van der Waals surface area contributed by atoms with Gasteiger partial charge in [-0.2, -0.15) is 0 Å². The monoisotopic (exact) mass is 451 g/mol. The molecule has 0 bridgehead atoms. The first-order valence-corrected chi connectivity index (χ1v) is 12.2. The molecule has 0 aromatic heterocycles. The van der Waals surface area contributed by atoms with Crippen LogP contribution in [-0.4, -0.2) is 5.71 Å². The maximum Gasteiger partial charge on any atom is 0.0769 e. The second-order valence-corrected chi connectivity index (χ2v) is 10.2. The van der Waals surface area contributed by atoms with Crippen molar-refractivity contribution in [3.8, 4) is 0 Å². The molecule has 0 amide bonds. The van der Waals surface area contributed by atoms with Crippen LogP contribution >= 0.6 is 23.4 Å². The minimum Gasteiger partial charge on any atom is -0.251 e. The van der Waals surface area contributed by atoms with E-state index in [-0.39, 0.29) is 17.1 Å². The molecule has 0 radical (unpaired) electrons. The number of aryl methyl sites for hydroxylation is 1. The molecule has 1 nitrogen and oxygen atoms in total. The molecule has 0 N–H and O–H groups in total. The third kappa shape index (κ3) is 3.30. The molecule has 6 rings (SSSR count). The summed E-state index contributed by atoms with van der Waals surface area (Å²) < 4.78 is 0. The third-order valence-corrected chi connectivity index (χ3v) is 8.19. The van der Waals surface area contributed by atoms with Crippen LogP contribution in [0.25, 0.3) is 0 Å². The van der Waals surface area contributed by atoms with Crippen LogP contribution in [0.2, 0.25) is 5.02 Å². The second kappa shape index (κ2) is 7.95. The van der Waals surface area contributed by atoms with E-state index >= 15 is 0 Å². The molecule has 0 fully saturated rings. The van der Waals surface area contributed by atoms with E-state index < -0.39 is 0 Å². The van der Waals surface area contributed by atoms with Crippen molar-refractivity contribution in [3.63, 3.8) is 0 Å². The molecule has 0 spiro atoms. The summed E-state index contributed by atoms with van der Waals surface area (Å²) in [6.07, 6.45) is 0. The summed E-state index contributed by atoms with van der Waals surface area (Å²) in [4.78, 5) is 6.57. The van der Waals surface area contributed by atoms with Gasteiger partial charge in [-0.15, -0.1) is 11.8 Å². The Balaban J connectivity index is 1.62. The number of thioether (sulfide) groups is 1. The molecular weight excluding hydrogens is 430 g/mol. The highest BCUT2D eigenvalue weighted by Crippen LogP contribution is 2.57. The fraction of sp³-hybridized carbons (Fsp3) is 0.138. The Morgan fingerprint density at radius 2 is 1.53 bits per heavy atom. The van der Waals surface area contributed by atoms with Crippen molar-refractivity contribution < 1.29 is 0 Å². The number of nitrogens with zero attached hydrogens (tertiary/aromatic N) is 1. The van der Waals surface area contributed by atoms with Crippen LogP contribution in [0.15, 0.2) is 107 Å². The number of rotatable bonds is 2. The zero-order valence-corrected chi connectivity index (χ0v) is 19.3. The zero-order chi connectivity index (χ0) is 21.7. The fourth-order valence-corrected chi connectivity index (χ4v) is 6.72. The molecule has 0 saturated heterocycles. The molecule has 156 valence electrons. The van der Waals surface area contributed by atoms with Gasteiger partial charge in [0.25, 0.3) is 0 Å². The van der Waals surface area contributed by atoms with Crippen molar-refractivity contribution in [1.82, 2.24) is 0 Å². The summed E-state index contributed by atoms with van der Waals surface area (Å²) in [6, 6.07) is 34.7. The molecule has 3 atom stereocenters. The highest BCUT2D eigenvalue weighted by Gasteiger charge is 2.45. The largest absolute Gasteiger partial charge is 0.251 e. The van der Waals surface area contributed by atoms with Gasteiger partial charge in [0.05, 0.1) is 11.4 Å². The van der Waals surface area contributed by atoms with Gasteiger partial charge >= 0.3 is 0 Å². The molecule has 0 saturated carbocycles. The van der Waals surface area contributed by atoms with Gasteiger partial charge in [-0.1, -0.05) is 84.4 Å². The van der Waals surface area contributed by atoms with Crippen LogP contribution in [0.3, 0.4) is 0 Å². The smallest absolute Gasteiger partial charge is 0.0769 e. The van der Waals surface area contributed by atoms with Gasteiger partial charge in [0.15, 0.2) is 0 Å². The second-order valence-electron chi connectivity index (χ2n) is 8.56. The lowest BCUT2D eigenvalue weighted by Gasteiger charge is -2.29. The van der Waals surface area contributed by atoms with Crippen LogP contribution < -0.4 is 0 Å². The molecule has 4 aromatic rings. The van der Waals surface area contributed by atoms with Crippen molar-refractivity contribution in [2.75, 3.05) is 0 Å². The molecule has 4 aromatic carbocycles. The van der Waals surface area contributed by atoms with E-state index in [0.29, 0.717) is 0 Å². The fourth-order valence-electron chi connectivity index (χ4n) is 5.11. The molecule has 1 aliphatic heterocycles. The summed E-state index contributed by atoms with van der Waals surface area (Å²) in [5, 5.41) is 0.999. The first-order valence-electron chi connectivity index (χ1n) is 10.9. The van der Waals surface area contributed by atoms with Crippen molar-refractivity contribution in [1.29, 1.82) is 0 Å². The number of benzene rings is 4. The van der Waals surface area contributed by atoms with E-state index in [1.54, 1.807) is 0 Å². The quantitative estimate of drug-likeness (QED) is 0.298. The van der Waals surface area contributed by atoms with Crippen molar-refractivity contribution >= 4 is 34.8 Å². The number of fused-ring (bicyclic) bond motifs is 4. The molecule has 3 heteroatoms. The SMILES string of the molecule is Cc1ccc2c(c1)SC(c1ccc(Cl)cc1)C1C(=N2)c2ccccc2C1c1ccccc1. The molecule has 1 heterocycles. The molecule has 3 unspecified atom stereocenters. The van der Waals surface area contributed by atoms with Crippen LogP contribution in [0.1, 0.15) is 39.0 Å². The van der Waals surface area contributed by atoms with Gasteiger partial charge in [-0.3, -0.25) is 4.99 Å². The number of hydrogen-bond acceptors (Lipinski definition) is 2. The zero-order valence-electron chi connectivity index (χ0n) is 17.7. The van der Waals surface area contributed by atoms with Crippen LogP contribution in [0.5, 0.6) is 0 Å². The Kier molecular flexibility index (Phi) is 4.93. The molecule has 1 aliphatic carbocycles. The summed E-state index contributed by atoms with van der Waals surface area (Å²) in [5.74, 6) is 0.489. The highest BCUT2D eigenvalue weighted by atomic mass is 35.5. The van der Waals surface area contributed by atoms with Crippen molar-refractivity contribution in [3.05, 3.63) is 130 Å². The Bertz CT molecular complexity index is 1330. The van der Waals surface area contributed by atoms with E-state index in [2.05, 4.69) is 91.9 Å². The lowest BCUT2D eigenvalue weighted by Crippen LogP contribution is -2.21. The summed E-state index contributed by atoms with van der Waals surface area (Å²) >= 11 is 8.20. The summed E-state index contributed by atoms with van der Waals surface area (Å²) in [7, 11) is 0. The van der Waals surface area contributed by atoms with Gasteiger partial charge in [-0.25, -0.2) is 0 Å². The standard InChI is InChI=1S/C29H22ClNS/c1-18-11-16-24-25(17-18)32-29(20-12-14-21(30)15-13-20)27-26(19-7-3-2-4-8-19)22-9-5-6-10-23(22)28(27)31-24/h2-17,26-27,29H,1H3. The van der Waals surface area contributed by atoms with E-state index in [1.165, 1.54) is 38.4 Å². The maximum absolute atomic E-state index is 6.26. The topological polar surface area (TPSA) is 12.4 Å². The predicted octanol–water partition coefficient (Wildman–Crippen LogP) is 8.38. The van der Waals surface area contributed by atoms with E-state index in [9.17, 15) is 0 Å². The lowest BCUT2D eigenvalue weighted by molar-refractivity contribution is 0.612. The predicted molar refractivity (Wildman–Crippen MR) is 136 cm³/mol. The highest BCUT2D eigenvalue weighted by molar-refractivity contribution is 7.99. The van der Waals surface area contributed by atoms with E-state index in [1.807, 2.05) is 23.9 Å². The summed E-state index contributed by atoms with van der Waals surface area (Å²) in [5.41, 5.74) is 8.82. The third-order valence-electron chi connectivity index (χ3n) is 6.54. The Morgan fingerprint density at radius 1 is 0.781 bits per heavy atom. The molecule has 32 heavy (non-hydrogen) atoms. The first kappa shape index (κ1) is 19.8. The van der Waals surface area contributed by atoms with Gasteiger partial charge in [0, 0.05) is 32.6 Å². The van der Waals surface area contributed by atoms with Gasteiger partial charge in [0.2, 0.25) is 0 Å². The normalized spacial score (nSPS) is 21.2. The average Bonchev–Trinajstić information content (AvgIpc) is 3.04. The molecule has 2 aliphatic rings. The van der Waals surface area contributed by atoms with Crippen LogP contribution in [0.4, 0.5) is 5.69 Å². The average molecular weight is 452 g/mol. The van der Waals surface area contributed by atoms with Crippen LogP contribution in [0, 0.1) is 12.8 Å². The maximum atomic E-state index is 6.26.